The minimum atomic E-state index is -0.758. The molecular formula is C16H9Cl2FN2O3S. The number of pyridine rings is 1. The molecule has 0 aliphatic heterocycles. The third-order valence-electron chi connectivity index (χ3n) is 3.11. The number of ether oxygens (including phenoxy) is 1. The van der Waals surface area contributed by atoms with Gasteiger partial charge in [-0.15, -0.1) is 11.3 Å². The van der Waals surface area contributed by atoms with Crippen LogP contribution in [0.2, 0.25) is 10.0 Å². The van der Waals surface area contributed by atoms with E-state index in [0.717, 1.165) is 11.3 Å². The number of esters is 1. The molecule has 9 heteroatoms. The van der Waals surface area contributed by atoms with Gasteiger partial charge in [0.05, 0.1) is 10.0 Å². The lowest BCUT2D eigenvalue weighted by atomic mass is 10.2. The summed E-state index contributed by atoms with van der Waals surface area (Å²) in [7, 11) is 0. The first kappa shape index (κ1) is 17.6. The highest BCUT2D eigenvalue weighted by atomic mass is 35.5. The number of nitrogens with zero attached hydrogens (tertiary/aromatic N) is 1. The molecule has 0 fully saturated rings. The van der Waals surface area contributed by atoms with E-state index < -0.39 is 24.3 Å². The number of amides is 1. The standard InChI is InChI=1S/C16H9Cl2FN2O3S/c17-8-1-4-12(20-6-8)21-13(22)7-24-16(23)15-14(18)10-3-2-9(19)5-11(10)25-15/h1-6H,7H2,(H,20,21,22). The van der Waals surface area contributed by atoms with Gasteiger partial charge in [0.2, 0.25) is 0 Å². The molecule has 3 aromatic rings. The van der Waals surface area contributed by atoms with Gasteiger partial charge in [0.1, 0.15) is 16.5 Å². The molecule has 2 aromatic heterocycles. The molecule has 5 nitrogen and oxygen atoms in total. The molecule has 0 radical (unpaired) electrons. The summed E-state index contributed by atoms with van der Waals surface area (Å²) in [6, 6.07) is 7.09. The minimum Gasteiger partial charge on any atom is -0.451 e. The zero-order valence-corrected chi connectivity index (χ0v) is 14.7. The first-order chi connectivity index (χ1) is 11.9. The Kier molecular flexibility index (Phi) is 5.17. The van der Waals surface area contributed by atoms with E-state index >= 15 is 0 Å². The maximum absolute atomic E-state index is 13.2. The van der Waals surface area contributed by atoms with Crippen molar-refractivity contribution in [2.24, 2.45) is 0 Å². The monoisotopic (exact) mass is 398 g/mol. The summed E-state index contributed by atoms with van der Waals surface area (Å²) in [6.45, 7) is -0.512. The summed E-state index contributed by atoms with van der Waals surface area (Å²) in [4.78, 5) is 27.9. The summed E-state index contributed by atoms with van der Waals surface area (Å²) in [5.74, 6) is -1.47. The van der Waals surface area contributed by atoms with Crippen molar-refractivity contribution in [3.05, 3.63) is 57.3 Å². The lowest BCUT2D eigenvalue weighted by Gasteiger charge is -2.05. The summed E-state index contributed by atoms with van der Waals surface area (Å²) >= 11 is 12.8. The van der Waals surface area contributed by atoms with Gasteiger partial charge in [0, 0.05) is 16.3 Å². The van der Waals surface area contributed by atoms with Gasteiger partial charge < -0.3 is 10.1 Å². The van der Waals surface area contributed by atoms with Gasteiger partial charge in [0.25, 0.3) is 5.91 Å². The van der Waals surface area contributed by atoms with Gasteiger partial charge in [-0.05, 0) is 30.3 Å². The fraction of sp³-hybridized carbons (Fsp3) is 0.0625. The van der Waals surface area contributed by atoms with Crippen LogP contribution in [0, 0.1) is 5.82 Å². The number of fused-ring (bicyclic) bond motifs is 1. The van der Waals surface area contributed by atoms with E-state index in [4.69, 9.17) is 27.9 Å². The highest BCUT2D eigenvalue weighted by Crippen LogP contribution is 2.36. The molecule has 25 heavy (non-hydrogen) atoms. The topological polar surface area (TPSA) is 68.3 Å². The number of carbonyl (C=O) groups excluding carboxylic acids is 2. The summed E-state index contributed by atoms with van der Waals surface area (Å²) in [6.07, 6.45) is 1.37. The van der Waals surface area contributed by atoms with E-state index in [-0.39, 0.29) is 15.7 Å². The summed E-state index contributed by atoms with van der Waals surface area (Å²) < 4.78 is 18.7. The number of nitrogens with one attached hydrogen (secondary N) is 1. The lowest BCUT2D eigenvalue weighted by Crippen LogP contribution is -2.21. The van der Waals surface area contributed by atoms with E-state index in [1.807, 2.05) is 0 Å². The molecule has 1 N–H and O–H groups in total. The fourth-order valence-electron chi connectivity index (χ4n) is 2.00. The Labute approximate surface area is 155 Å². The van der Waals surface area contributed by atoms with Gasteiger partial charge in [-0.1, -0.05) is 23.2 Å². The quantitative estimate of drug-likeness (QED) is 0.655. The van der Waals surface area contributed by atoms with Gasteiger partial charge in [-0.2, -0.15) is 0 Å². The molecule has 0 saturated heterocycles. The van der Waals surface area contributed by atoms with Crippen molar-refractivity contribution >= 4 is 62.3 Å². The second kappa shape index (κ2) is 7.35. The number of halogens is 3. The summed E-state index contributed by atoms with van der Waals surface area (Å²) in [5.41, 5.74) is 0. The van der Waals surface area contributed by atoms with Crippen LogP contribution in [0.15, 0.2) is 36.5 Å². The summed E-state index contributed by atoms with van der Waals surface area (Å²) in [5, 5.41) is 3.61. The molecule has 3 rings (SSSR count). The average Bonchev–Trinajstić information content (AvgIpc) is 2.91. The molecule has 0 bridgehead atoms. The molecular weight excluding hydrogens is 390 g/mol. The molecule has 0 unspecified atom stereocenters. The highest BCUT2D eigenvalue weighted by molar-refractivity contribution is 7.21. The first-order valence-corrected chi connectivity index (χ1v) is 8.47. The van der Waals surface area contributed by atoms with Gasteiger partial charge in [-0.25, -0.2) is 14.2 Å². The van der Waals surface area contributed by atoms with E-state index in [1.54, 1.807) is 6.07 Å². The second-order valence-electron chi connectivity index (χ2n) is 4.87. The Hall–Kier alpha value is -2.22. The molecule has 0 aliphatic rings. The van der Waals surface area contributed by atoms with Crippen molar-refractivity contribution in [1.82, 2.24) is 4.98 Å². The number of anilines is 1. The van der Waals surface area contributed by atoms with Crippen molar-refractivity contribution < 1.29 is 18.7 Å². The molecule has 128 valence electrons. The number of rotatable bonds is 4. The van der Waals surface area contributed by atoms with E-state index in [9.17, 15) is 14.0 Å². The predicted octanol–water partition coefficient (Wildman–Crippen LogP) is 4.54. The fourth-order valence-corrected chi connectivity index (χ4v) is 3.53. The maximum atomic E-state index is 13.2. The third kappa shape index (κ3) is 4.07. The lowest BCUT2D eigenvalue weighted by molar-refractivity contribution is -0.119. The number of benzene rings is 1. The largest absolute Gasteiger partial charge is 0.451 e. The van der Waals surface area contributed by atoms with Crippen molar-refractivity contribution in [2.45, 2.75) is 0 Å². The first-order valence-electron chi connectivity index (χ1n) is 6.90. The molecule has 0 atom stereocenters. The number of thiophene rings is 1. The molecule has 0 aliphatic carbocycles. The number of aromatic nitrogens is 1. The van der Waals surface area contributed by atoms with Crippen LogP contribution in [0.3, 0.4) is 0 Å². The van der Waals surface area contributed by atoms with Crippen LogP contribution >= 0.6 is 34.5 Å². The number of carbonyl (C=O) groups is 2. The highest BCUT2D eigenvalue weighted by Gasteiger charge is 2.19. The van der Waals surface area contributed by atoms with E-state index in [0.29, 0.717) is 15.1 Å². The molecule has 0 saturated carbocycles. The molecule has 2 heterocycles. The van der Waals surface area contributed by atoms with Crippen LogP contribution in [0.1, 0.15) is 9.67 Å². The Bertz CT molecular complexity index is 960. The van der Waals surface area contributed by atoms with Crippen LogP contribution < -0.4 is 5.32 Å². The van der Waals surface area contributed by atoms with Crippen molar-refractivity contribution in [3.63, 3.8) is 0 Å². The maximum Gasteiger partial charge on any atom is 0.350 e. The van der Waals surface area contributed by atoms with Gasteiger partial charge in [-0.3, -0.25) is 4.79 Å². The van der Waals surface area contributed by atoms with E-state index in [2.05, 4.69) is 10.3 Å². The normalized spacial score (nSPS) is 10.7. The van der Waals surface area contributed by atoms with Crippen molar-refractivity contribution in [2.75, 3.05) is 11.9 Å². The average molecular weight is 399 g/mol. The van der Waals surface area contributed by atoms with Gasteiger partial charge >= 0.3 is 5.97 Å². The van der Waals surface area contributed by atoms with Crippen LogP contribution in [0.5, 0.6) is 0 Å². The van der Waals surface area contributed by atoms with Gasteiger partial charge in [0.15, 0.2) is 6.61 Å². The predicted molar refractivity (Wildman–Crippen MR) is 95.0 cm³/mol. The zero-order chi connectivity index (χ0) is 18.0. The third-order valence-corrected chi connectivity index (χ3v) is 4.97. The van der Waals surface area contributed by atoms with Crippen LogP contribution in [-0.4, -0.2) is 23.5 Å². The number of hydrogen-bond donors (Lipinski definition) is 1. The Morgan fingerprint density at radius 3 is 2.76 bits per heavy atom. The second-order valence-corrected chi connectivity index (χ2v) is 6.74. The van der Waals surface area contributed by atoms with Crippen LogP contribution in [0.4, 0.5) is 10.2 Å². The molecule has 1 amide bonds. The zero-order valence-electron chi connectivity index (χ0n) is 12.4. The smallest absolute Gasteiger partial charge is 0.350 e. The number of hydrogen-bond acceptors (Lipinski definition) is 5. The van der Waals surface area contributed by atoms with Crippen LogP contribution in [0.25, 0.3) is 10.1 Å². The Morgan fingerprint density at radius 2 is 2.04 bits per heavy atom. The molecule has 1 aromatic carbocycles. The van der Waals surface area contributed by atoms with Crippen molar-refractivity contribution in [3.8, 4) is 0 Å². The van der Waals surface area contributed by atoms with E-state index in [1.165, 1.54) is 30.5 Å². The Balaban J connectivity index is 1.65. The minimum absolute atomic E-state index is 0.111. The SMILES string of the molecule is O=C(COC(=O)c1sc2cc(F)ccc2c1Cl)Nc1ccc(Cl)cn1. The van der Waals surface area contributed by atoms with Crippen molar-refractivity contribution in [1.29, 1.82) is 0 Å². The molecule has 0 spiro atoms. The van der Waals surface area contributed by atoms with Crippen LogP contribution in [-0.2, 0) is 9.53 Å². The Morgan fingerprint density at radius 1 is 1.24 bits per heavy atom.